The van der Waals surface area contributed by atoms with Crippen molar-refractivity contribution < 1.29 is 4.42 Å². The quantitative estimate of drug-likeness (QED) is 0.171. The van der Waals surface area contributed by atoms with Gasteiger partial charge in [-0.15, -0.1) is 0 Å². The fourth-order valence-corrected chi connectivity index (χ4v) is 8.78. The molecule has 3 aromatic heterocycles. The van der Waals surface area contributed by atoms with E-state index in [1.54, 1.807) is 0 Å². The number of aromatic nitrogens is 2. The highest BCUT2D eigenvalue weighted by molar-refractivity contribution is 6.21. The van der Waals surface area contributed by atoms with Gasteiger partial charge in [-0.3, -0.25) is 0 Å². The van der Waals surface area contributed by atoms with Crippen molar-refractivity contribution in [2.75, 3.05) is 0 Å². The van der Waals surface area contributed by atoms with Crippen molar-refractivity contribution in [3.63, 3.8) is 0 Å². The monoisotopic (exact) mass is 674 g/mol. The molecule has 3 heteroatoms. The normalized spacial score (nSPS) is 12.2. The van der Waals surface area contributed by atoms with E-state index < -0.39 is 0 Å². The molecule has 0 bridgehead atoms. The second kappa shape index (κ2) is 10.7. The first-order valence-corrected chi connectivity index (χ1v) is 18.2. The van der Waals surface area contributed by atoms with Gasteiger partial charge in [-0.2, -0.15) is 0 Å². The number of fused-ring (bicyclic) bond motifs is 11. The van der Waals surface area contributed by atoms with E-state index in [2.05, 4.69) is 179 Å². The standard InChI is InChI=1S/C50H30N2O/c1-2-14-37(15-3-1)51-46-27-36-24-32-12-5-4-11-31(32)23-35(36)26-42(46)44-30-47-43(29-48(44)51)39-17-6-8-19-45(39)52(47)38-16-10-13-33(25-38)34-21-22-41-40-18-7-9-20-49(40)53-50(41)28-34/h1-30H. The lowest BCUT2D eigenvalue weighted by atomic mass is 10.0. The zero-order chi connectivity index (χ0) is 34.6. The highest BCUT2D eigenvalue weighted by Crippen LogP contribution is 2.42. The van der Waals surface area contributed by atoms with Gasteiger partial charge in [0.1, 0.15) is 11.2 Å². The summed E-state index contributed by atoms with van der Waals surface area (Å²) >= 11 is 0. The maximum Gasteiger partial charge on any atom is 0.136 e. The third-order valence-electron chi connectivity index (χ3n) is 11.2. The summed E-state index contributed by atoms with van der Waals surface area (Å²) in [5.41, 5.74) is 11.2. The van der Waals surface area contributed by atoms with Crippen molar-refractivity contribution in [1.29, 1.82) is 0 Å². The summed E-state index contributed by atoms with van der Waals surface area (Å²) in [6.45, 7) is 0. The second-order valence-electron chi connectivity index (χ2n) is 14.2. The molecule has 0 saturated carbocycles. The minimum Gasteiger partial charge on any atom is -0.456 e. The van der Waals surface area contributed by atoms with E-state index in [9.17, 15) is 0 Å². The summed E-state index contributed by atoms with van der Waals surface area (Å²) < 4.78 is 11.2. The Kier molecular flexibility index (Phi) is 5.77. The van der Waals surface area contributed by atoms with E-state index in [1.165, 1.54) is 65.2 Å². The Bertz CT molecular complexity index is 3450. The second-order valence-corrected chi connectivity index (χ2v) is 14.2. The summed E-state index contributed by atoms with van der Waals surface area (Å²) in [5.74, 6) is 0. The molecule has 9 aromatic carbocycles. The van der Waals surface area contributed by atoms with Gasteiger partial charge in [0.05, 0.1) is 22.1 Å². The average molecular weight is 675 g/mol. The van der Waals surface area contributed by atoms with E-state index in [4.69, 9.17) is 4.42 Å². The zero-order valence-corrected chi connectivity index (χ0v) is 28.6. The molecule has 3 heterocycles. The molecule has 3 nitrogen and oxygen atoms in total. The lowest BCUT2D eigenvalue weighted by molar-refractivity contribution is 0.669. The fourth-order valence-electron chi connectivity index (χ4n) is 8.78. The first kappa shape index (κ1) is 28.6. The Morgan fingerprint density at radius 2 is 0.868 bits per heavy atom. The molecule has 246 valence electrons. The largest absolute Gasteiger partial charge is 0.456 e. The van der Waals surface area contributed by atoms with Crippen LogP contribution in [0.15, 0.2) is 186 Å². The number of benzene rings is 9. The Labute approximate surface area is 304 Å². The summed E-state index contributed by atoms with van der Waals surface area (Å²) in [4.78, 5) is 0. The van der Waals surface area contributed by atoms with Crippen LogP contribution in [0.5, 0.6) is 0 Å². The summed E-state index contributed by atoms with van der Waals surface area (Å²) in [6, 6.07) is 66.2. The highest BCUT2D eigenvalue weighted by Gasteiger charge is 2.20. The van der Waals surface area contributed by atoms with Crippen LogP contribution in [-0.4, -0.2) is 9.13 Å². The van der Waals surface area contributed by atoms with Gasteiger partial charge in [0.25, 0.3) is 0 Å². The molecule has 0 N–H and O–H groups in total. The Balaban J connectivity index is 1.13. The number of hydrogen-bond donors (Lipinski definition) is 0. The number of nitrogens with zero attached hydrogens (tertiary/aromatic N) is 2. The van der Waals surface area contributed by atoms with Crippen molar-refractivity contribution in [3.05, 3.63) is 182 Å². The van der Waals surface area contributed by atoms with Gasteiger partial charge in [0, 0.05) is 43.7 Å². The van der Waals surface area contributed by atoms with Crippen LogP contribution < -0.4 is 0 Å². The van der Waals surface area contributed by atoms with E-state index in [0.29, 0.717) is 0 Å². The zero-order valence-electron chi connectivity index (χ0n) is 28.6. The van der Waals surface area contributed by atoms with Crippen molar-refractivity contribution in [2.45, 2.75) is 0 Å². The SMILES string of the molecule is c1ccc(-n2c3cc4cc5ccccc5cc4cc3c3cc4c(cc32)c2ccccc2n4-c2cccc(-c3ccc4c(c3)oc3ccccc34)c2)cc1. The molecule has 0 fully saturated rings. The van der Waals surface area contributed by atoms with Gasteiger partial charge < -0.3 is 13.6 Å². The van der Waals surface area contributed by atoms with Crippen molar-refractivity contribution in [3.8, 4) is 22.5 Å². The lowest BCUT2D eigenvalue weighted by Crippen LogP contribution is -1.95. The first-order chi connectivity index (χ1) is 26.2. The molecule has 0 aliphatic carbocycles. The van der Waals surface area contributed by atoms with Crippen LogP contribution in [0, 0.1) is 0 Å². The molecule has 0 saturated heterocycles. The first-order valence-electron chi connectivity index (χ1n) is 18.2. The van der Waals surface area contributed by atoms with Crippen LogP contribution in [0.3, 0.4) is 0 Å². The van der Waals surface area contributed by atoms with Crippen molar-refractivity contribution >= 4 is 87.1 Å². The number of para-hydroxylation sites is 3. The Morgan fingerprint density at radius 3 is 1.70 bits per heavy atom. The minimum absolute atomic E-state index is 0.906. The van der Waals surface area contributed by atoms with Crippen LogP contribution in [0.1, 0.15) is 0 Å². The third-order valence-corrected chi connectivity index (χ3v) is 11.2. The molecule has 53 heavy (non-hydrogen) atoms. The van der Waals surface area contributed by atoms with E-state index in [0.717, 1.165) is 44.4 Å². The summed E-state index contributed by atoms with van der Waals surface area (Å²) in [7, 11) is 0. The van der Waals surface area contributed by atoms with Gasteiger partial charge in [0.15, 0.2) is 0 Å². The molecule has 0 aliphatic rings. The molecule has 0 radical (unpaired) electrons. The smallest absolute Gasteiger partial charge is 0.136 e. The van der Waals surface area contributed by atoms with E-state index in [-0.39, 0.29) is 0 Å². The van der Waals surface area contributed by atoms with Crippen LogP contribution in [0.4, 0.5) is 0 Å². The van der Waals surface area contributed by atoms with Gasteiger partial charge >= 0.3 is 0 Å². The Hall–Kier alpha value is -7.10. The van der Waals surface area contributed by atoms with Gasteiger partial charge in [-0.25, -0.2) is 0 Å². The van der Waals surface area contributed by atoms with Crippen LogP contribution in [-0.2, 0) is 0 Å². The predicted molar refractivity (Wildman–Crippen MR) is 223 cm³/mol. The topological polar surface area (TPSA) is 23.0 Å². The van der Waals surface area contributed by atoms with Gasteiger partial charge in [-0.1, -0.05) is 97.1 Å². The highest BCUT2D eigenvalue weighted by atomic mass is 16.3. The predicted octanol–water partition coefficient (Wildman–Crippen LogP) is 13.8. The number of furan rings is 1. The molecule has 0 aliphatic heterocycles. The molecule has 0 unspecified atom stereocenters. The summed E-state index contributed by atoms with van der Waals surface area (Å²) in [5, 5.41) is 12.3. The maximum atomic E-state index is 6.28. The molecule has 12 rings (SSSR count). The number of rotatable bonds is 3. The van der Waals surface area contributed by atoms with Gasteiger partial charge in [0.2, 0.25) is 0 Å². The minimum atomic E-state index is 0.906. The van der Waals surface area contributed by atoms with Gasteiger partial charge in [-0.05, 0) is 118 Å². The fraction of sp³-hybridized carbons (Fsp3) is 0. The van der Waals surface area contributed by atoms with Crippen LogP contribution in [0.2, 0.25) is 0 Å². The molecule has 0 spiro atoms. The Morgan fingerprint density at radius 1 is 0.283 bits per heavy atom. The van der Waals surface area contributed by atoms with E-state index >= 15 is 0 Å². The molecule has 0 amide bonds. The molecular weight excluding hydrogens is 645 g/mol. The molecule has 12 aromatic rings. The molecular formula is C50H30N2O. The van der Waals surface area contributed by atoms with E-state index in [1.807, 2.05) is 12.1 Å². The molecule has 0 atom stereocenters. The average Bonchev–Trinajstić information content (AvgIpc) is 3.85. The van der Waals surface area contributed by atoms with Crippen molar-refractivity contribution in [2.24, 2.45) is 0 Å². The van der Waals surface area contributed by atoms with Crippen LogP contribution in [0.25, 0.3) is 110 Å². The third kappa shape index (κ3) is 4.16. The number of hydrogen-bond acceptors (Lipinski definition) is 1. The maximum absolute atomic E-state index is 6.28. The van der Waals surface area contributed by atoms with Crippen molar-refractivity contribution in [1.82, 2.24) is 9.13 Å². The lowest BCUT2D eigenvalue weighted by Gasteiger charge is -2.11. The van der Waals surface area contributed by atoms with Crippen LogP contribution >= 0.6 is 0 Å². The summed E-state index contributed by atoms with van der Waals surface area (Å²) in [6.07, 6.45) is 0.